The molecule has 0 saturated carbocycles. The Bertz CT molecular complexity index is 472. The number of aromatic carboxylic acids is 1. The molecule has 2 rings (SSSR count). The van der Waals surface area contributed by atoms with Gasteiger partial charge in [0.25, 0.3) is 0 Å². The fraction of sp³-hybridized carbons (Fsp3) is 0.714. The molecule has 0 unspecified atom stereocenters. The van der Waals surface area contributed by atoms with Gasteiger partial charge in [-0.2, -0.15) is 0 Å². The van der Waals surface area contributed by atoms with Crippen molar-refractivity contribution in [2.75, 3.05) is 0 Å². The third kappa shape index (κ3) is 2.81. The molecular formula is C14H21NO4. The Balaban J connectivity index is 2.20. The number of hydrogen-bond acceptors (Lipinski definition) is 4. The number of carbonyl (C=O) groups is 1. The topological polar surface area (TPSA) is 72.6 Å². The van der Waals surface area contributed by atoms with Crippen LogP contribution in [0.15, 0.2) is 4.52 Å². The second-order valence-electron chi connectivity index (χ2n) is 6.24. The molecule has 0 aromatic carbocycles. The normalized spacial score (nSPS) is 24.4. The maximum absolute atomic E-state index is 11.0. The van der Waals surface area contributed by atoms with Gasteiger partial charge in [-0.25, -0.2) is 4.79 Å². The van der Waals surface area contributed by atoms with Crippen LogP contribution in [0.2, 0.25) is 0 Å². The van der Waals surface area contributed by atoms with Crippen LogP contribution in [0.3, 0.4) is 0 Å². The molecule has 1 aromatic rings. The van der Waals surface area contributed by atoms with Crippen molar-refractivity contribution in [1.29, 1.82) is 0 Å². The van der Waals surface area contributed by atoms with Crippen LogP contribution in [0.25, 0.3) is 0 Å². The van der Waals surface area contributed by atoms with Crippen molar-refractivity contribution in [2.45, 2.75) is 59.2 Å². The highest BCUT2D eigenvalue weighted by molar-refractivity contribution is 5.87. The Kier molecular flexibility index (Phi) is 3.67. The van der Waals surface area contributed by atoms with Crippen LogP contribution in [0.5, 0.6) is 0 Å². The van der Waals surface area contributed by atoms with Crippen molar-refractivity contribution in [3.63, 3.8) is 0 Å². The van der Waals surface area contributed by atoms with E-state index < -0.39 is 5.97 Å². The molecule has 1 aliphatic rings. The molecule has 106 valence electrons. The van der Waals surface area contributed by atoms with E-state index in [1.807, 2.05) is 0 Å². The van der Waals surface area contributed by atoms with Crippen LogP contribution in [0.4, 0.5) is 0 Å². The molecule has 1 N–H and O–H groups in total. The van der Waals surface area contributed by atoms with Crippen LogP contribution in [0, 0.1) is 12.3 Å². The first-order valence-corrected chi connectivity index (χ1v) is 6.65. The molecule has 1 aromatic heterocycles. The van der Waals surface area contributed by atoms with Crippen molar-refractivity contribution < 1.29 is 19.2 Å². The maximum atomic E-state index is 11.0. The average molecular weight is 267 g/mol. The summed E-state index contributed by atoms with van der Waals surface area (Å²) in [5.41, 5.74) is 0.630. The highest BCUT2D eigenvalue weighted by Gasteiger charge is 2.35. The molecule has 0 radical (unpaired) electrons. The lowest BCUT2D eigenvalue weighted by atomic mass is 9.83. The zero-order valence-electron chi connectivity index (χ0n) is 11.9. The summed E-state index contributed by atoms with van der Waals surface area (Å²) in [5, 5.41) is 12.6. The molecule has 0 amide bonds. The minimum absolute atomic E-state index is 0.0171. The molecule has 1 saturated heterocycles. The molecule has 2 heterocycles. The summed E-state index contributed by atoms with van der Waals surface area (Å²) in [5.74, 6) is -0.498. The molecule has 2 atom stereocenters. The average Bonchev–Trinajstić information content (AvgIpc) is 2.70. The Morgan fingerprint density at radius 1 is 1.37 bits per heavy atom. The number of nitrogens with zero attached hydrogens (tertiary/aromatic N) is 1. The SMILES string of the molecule is Cc1c(C(=O)O)noc1[C@@H]1CCC[C@H](C(C)(C)C)O1. The van der Waals surface area contributed by atoms with Crippen molar-refractivity contribution >= 4 is 5.97 Å². The Labute approximate surface area is 112 Å². The predicted octanol–water partition coefficient (Wildman–Crippen LogP) is 3.34. The Morgan fingerprint density at radius 3 is 2.58 bits per heavy atom. The van der Waals surface area contributed by atoms with E-state index in [4.69, 9.17) is 14.4 Å². The molecule has 1 aliphatic heterocycles. The van der Waals surface area contributed by atoms with E-state index in [2.05, 4.69) is 25.9 Å². The number of carboxylic acid groups (broad SMARTS) is 1. The van der Waals surface area contributed by atoms with Crippen LogP contribution >= 0.6 is 0 Å². The summed E-state index contributed by atoms with van der Waals surface area (Å²) in [7, 11) is 0. The van der Waals surface area contributed by atoms with Gasteiger partial charge in [-0.15, -0.1) is 0 Å². The first-order valence-electron chi connectivity index (χ1n) is 6.65. The van der Waals surface area contributed by atoms with Crippen molar-refractivity contribution in [2.24, 2.45) is 5.41 Å². The maximum Gasteiger partial charge on any atom is 0.358 e. The second-order valence-corrected chi connectivity index (χ2v) is 6.24. The van der Waals surface area contributed by atoms with E-state index >= 15 is 0 Å². The van der Waals surface area contributed by atoms with Gasteiger partial charge in [0.1, 0.15) is 6.10 Å². The van der Waals surface area contributed by atoms with E-state index in [1.165, 1.54) is 0 Å². The fourth-order valence-corrected chi connectivity index (χ4v) is 2.50. The number of ether oxygens (including phenoxy) is 1. The lowest BCUT2D eigenvalue weighted by Crippen LogP contribution is -2.33. The number of aromatic nitrogens is 1. The van der Waals surface area contributed by atoms with Gasteiger partial charge in [0, 0.05) is 5.56 Å². The van der Waals surface area contributed by atoms with E-state index in [0.29, 0.717) is 11.3 Å². The summed E-state index contributed by atoms with van der Waals surface area (Å²) in [6.45, 7) is 8.17. The quantitative estimate of drug-likeness (QED) is 0.889. The third-order valence-corrected chi connectivity index (χ3v) is 3.68. The number of rotatable bonds is 2. The smallest absolute Gasteiger partial charge is 0.358 e. The first kappa shape index (κ1) is 14.1. The van der Waals surface area contributed by atoms with Crippen LogP contribution < -0.4 is 0 Å². The van der Waals surface area contributed by atoms with Gasteiger partial charge in [-0.05, 0) is 31.6 Å². The zero-order valence-corrected chi connectivity index (χ0v) is 11.9. The summed E-state index contributed by atoms with van der Waals surface area (Å²) in [4.78, 5) is 11.0. The highest BCUT2D eigenvalue weighted by Crippen LogP contribution is 2.39. The summed E-state index contributed by atoms with van der Waals surface area (Å²) < 4.78 is 11.3. The number of hydrogen-bond donors (Lipinski definition) is 1. The summed E-state index contributed by atoms with van der Waals surface area (Å²) in [6, 6.07) is 0. The summed E-state index contributed by atoms with van der Waals surface area (Å²) in [6.07, 6.45) is 2.90. The van der Waals surface area contributed by atoms with Crippen molar-refractivity contribution in [1.82, 2.24) is 5.16 Å². The lowest BCUT2D eigenvalue weighted by molar-refractivity contribution is -0.109. The van der Waals surface area contributed by atoms with Gasteiger partial charge in [-0.3, -0.25) is 0 Å². The van der Waals surface area contributed by atoms with E-state index in [0.717, 1.165) is 19.3 Å². The first-order chi connectivity index (χ1) is 8.80. The molecule has 0 aliphatic carbocycles. The van der Waals surface area contributed by atoms with Gasteiger partial charge < -0.3 is 14.4 Å². The molecule has 5 heteroatoms. The van der Waals surface area contributed by atoms with E-state index in [1.54, 1.807) is 6.92 Å². The van der Waals surface area contributed by atoms with E-state index in [-0.39, 0.29) is 23.3 Å². The Hall–Kier alpha value is -1.36. The van der Waals surface area contributed by atoms with Gasteiger partial charge in [0.15, 0.2) is 11.5 Å². The minimum atomic E-state index is -1.06. The highest BCUT2D eigenvalue weighted by atomic mass is 16.5. The van der Waals surface area contributed by atoms with Crippen molar-refractivity contribution in [3.8, 4) is 0 Å². The Morgan fingerprint density at radius 2 is 2.05 bits per heavy atom. The minimum Gasteiger partial charge on any atom is -0.476 e. The number of carboxylic acids is 1. The molecule has 19 heavy (non-hydrogen) atoms. The van der Waals surface area contributed by atoms with Crippen LogP contribution in [-0.2, 0) is 4.74 Å². The molecular weight excluding hydrogens is 246 g/mol. The molecule has 1 fully saturated rings. The summed E-state index contributed by atoms with van der Waals surface area (Å²) >= 11 is 0. The fourth-order valence-electron chi connectivity index (χ4n) is 2.50. The van der Waals surface area contributed by atoms with E-state index in [9.17, 15) is 4.79 Å². The van der Waals surface area contributed by atoms with Crippen LogP contribution in [0.1, 0.15) is 67.9 Å². The van der Waals surface area contributed by atoms with Gasteiger partial charge in [-0.1, -0.05) is 25.9 Å². The predicted molar refractivity (Wildman–Crippen MR) is 69.1 cm³/mol. The molecule has 0 spiro atoms. The third-order valence-electron chi connectivity index (χ3n) is 3.68. The molecule has 5 nitrogen and oxygen atoms in total. The standard InChI is InChI=1S/C14H21NO4/c1-8-11(13(16)17)15-19-12(8)9-6-5-7-10(18-9)14(2,3)4/h9-10H,5-7H2,1-4H3,(H,16,17)/t9-,10+/m0/s1. The molecule has 0 bridgehead atoms. The van der Waals surface area contributed by atoms with Crippen LogP contribution in [-0.4, -0.2) is 22.3 Å². The van der Waals surface area contributed by atoms with Gasteiger partial charge in [0.2, 0.25) is 0 Å². The second kappa shape index (κ2) is 4.96. The lowest BCUT2D eigenvalue weighted by Gasteiger charge is -2.37. The zero-order chi connectivity index (χ0) is 14.2. The monoisotopic (exact) mass is 267 g/mol. The van der Waals surface area contributed by atoms with Crippen molar-refractivity contribution in [3.05, 3.63) is 17.0 Å². The van der Waals surface area contributed by atoms with Gasteiger partial charge >= 0.3 is 5.97 Å². The van der Waals surface area contributed by atoms with Gasteiger partial charge in [0.05, 0.1) is 6.10 Å². The largest absolute Gasteiger partial charge is 0.476 e.